The summed E-state index contributed by atoms with van der Waals surface area (Å²) in [5.41, 5.74) is 4.12. The van der Waals surface area contributed by atoms with E-state index in [0.29, 0.717) is 17.0 Å². The second-order valence-electron chi connectivity index (χ2n) is 4.68. The highest BCUT2D eigenvalue weighted by Gasteiger charge is 2.06. The van der Waals surface area contributed by atoms with Gasteiger partial charge < -0.3 is 9.84 Å². The first-order valence-corrected chi connectivity index (χ1v) is 6.84. The van der Waals surface area contributed by atoms with Crippen LogP contribution in [0.3, 0.4) is 0 Å². The highest BCUT2D eigenvalue weighted by Crippen LogP contribution is 2.16. The minimum atomic E-state index is -0.434. The van der Waals surface area contributed by atoms with Gasteiger partial charge in [-0.15, -0.1) is 0 Å². The van der Waals surface area contributed by atoms with Crippen molar-refractivity contribution in [1.29, 1.82) is 5.26 Å². The molecule has 6 nitrogen and oxygen atoms in total. The molecule has 0 aromatic heterocycles. The Morgan fingerprint density at radius 3 is 2.65 bits per heavy atom. The van der Waals surface area contributed by atoms with Crippen LogP contribution in [0.5, 0.6) is 11.5 Å². The number of benzene rings is 2. The van der Waals surface area contributed by atoms with E-state index in [4.69, 9.17) is 10.00 Å². The van der Waals surface area contributed by atoms with E-state index in [1.54, 1.807) is 43.3 Å². The monoisotopic (exact) mass is 309 g/mol. The van der Waals surface area contributed by atoms with Crippen LogP contribution in [0, 0.1) is 11.3 Å². The lowest BCUT2D eigenvalue weighted by molar-refractivity contribution is -0.123. The van der Waals surface area contributed by atoms with Gasteiger partial charge in [0.25, 0.3) is 5.91 Å². The molecule has 2 aromatic carbocycles. The average molecular weight is 309 g/mol. The van der Waals surface area contributed by atoms with E-state index in [2.05, 4.69) is 10.5 Å². The smallest absolute Gasteiger partial charge is 0.277 e. The van der Waals surface area contributed by atoms with Crippen molar-refractivity contribution in [3.05, 3.63) is 59.7 Å². The highest BCUT2D eigenvalue weighted by atomic mass is 16.5. The standard InChI is InChI=1S/C17H15N3O3/c1-12(13-6-8-15(21)9-7-13)19-20-17(22)11-23-16-5-3-2-4-14(16)10-18/h2-9,21H,11H2,1H3,(H,20,22)/b19-12+. The predicted octanol–water partition coefficient (Wildman–Crippen LogP) is 2.18. The summed E-state index contributed by atoms with van der Waals surface area (Å²) in [5, 5.41) is 22.1. The van der Waals surface area contributed by atoms with Gasteiger partial charge >= 0.3 is 0 Å². The van der Waals surface area contributed by atoms with E-state index in [1.165, 1.54) is 12.1 Å². The molecular formula is C17H15N3O3. The Hall–Kier alpha value is -3.33. The highest BCUT2D eigenvalue weighted by molar-refractivity contribution is 5.99. The molecule has 0 unspecified atom stereocenters. The molecule has 0 saturated carbocycles. The number of carbonyl (C=O) groups excluding carboxylic acids is 1. The second-order valence-corrected chi connectivity index (χ2v) is 4.68. The zero-order valence-electron chi connectivity index (χ0n) is 12.5. The number of nitriles is 1. The van der Waals surface area contributed by atoms with Gasteiger partial charge in [-0.3, -0.25) is 4.79 Å². The lowest BCUT2D eigenvalue weighted by Gasteiger charge is -2.07. The summed E-state index contributed by atoms with van der Waals surface area (Å²) in [4.78, 5) is 11.7. The largest absolute Gasteiger partial charge is 0.508 e. The van der Waals surface area contributed by atoms with E-state index in [9.17, 15) is 9.90 Å². The number of amides is 1. The molecule has 0 aliphatic carbocycles. The summed E-state index contributed by atoms with van der Waals surface area (Å²) < 4.78 is 5.31. The number of phenolic OH excluding ortho intramolecular Hbond substituents is 1. The van der Waals surface area contributed by atoms with Crippen LogP contribution in [0.1, 0.15) is 18.1 Å². The van der Waals surface area contributed by atoms with E-state index < -0.39 is 5.91 Å². The Balaban J connectivity index is 1.91. The molecule has 1 amide bonds. The molecule has 0 aliphatic rings. The number of ether oxygens (including phenoxy) is 1. The van der Waals surface area contributed by atoms with Crippen LogP contribution in [-0.2, 0) is 4.79 Å². The number of rotatable bonds is 5. The van der Waals surface area contributed by atoms with Crippen LogP contribution in [0.25, 0.3) is 0 Å². The van der Waals surface area contributed by atoms with Crippen LogP contribution in [0.2, 0.25) is 0 Å². The summed E-state index contributed by atoms with van der Waals surface area (Å²) >= 11 is 0. The second kappa shape index (κ2) is 7.61. The van der Waals surface area contributed by atoms with Gasteiger partial charge in [0.2, 0.25) is 0 Å². The van der Waals surface area contributed by atoms with E-state index in [-0.39, 0.29) is 12.4 Å². The van der Waals surface area contributed by atoms with Crippen molar-refractivity contribution in [3.8, 4) is 17.6 Å². The number of aromatic hydroxyl groups is 1. The lowest BCUT2D eigenvalue weighted by atomic mass is 10.1. The molecule has 0 heterocycles. The van der Waals surface area contributed by atoms with Gasteiger partial charge in [-0.1, -0.05) is 12.1 Å². The third kappa shape index (κ3) is 4.58. The fourth-order valence-corrected chi connectivity index (χ4v) is 1.77. The van der Waals surface area contributed by atoms with Crippen LogP contribution in [-0.4, -0.2) is 23.3 Å². The van der Waals surface area contributed by atoms with Gasteiger partial charge in [0.15, 0.2) is 6.61 Å². The zero-order chi connectivity index (χ0) is 16.7. The van der Waals surface area contributed by atoms with E-state index in [0.717, 1.165) is 5.56 Å². The maximum Gasteiger partial charge on any atom is 0.277 e. The molecule has 0 saturated heterocycles. The molecule has 2 rings (SSSR count). The molecule has 0 bridgehead atoms. The Bertz CT molecular complexity index is 761. The first-order chi connectivity index (χ1) is 11.1. The van der Waals surface area contributed by atoms with Crippen LogP contribution in [0.4, 0.5) is 0 Å². The van der Waals surface area contributed by atoms with Crippen molar-refractivity contribution in [2.45, 2.75) is 6.92 Å². The number of nitrogens with zero attached hydrogens (tertiary/aromatic N) is 2. The molecule has 2 aromatic rings. The fourth-order valence-electron chi connectivity index (χ4n) is 1.77. The molecule has 2 N–H and O–H groups in total. The average Bonchev–Trinajstić information content (AvgIpc) is 2.58. The number of carbonyl (C=O) groups is 1. The van der Waals surface area contributed by atoms with Gasteiger partial charge in [0.1, 0.15) is 17.6 Å². The van der Waals surface area contributed by atoms with Gasteiger partial charge in [-0.2, -0.15) is 10.4 Å². The number of hydrogen-bond acceptors (Lipinski definition) is 5. The first-order valence-electron chi connectivity index (χ1n) is 6.84. The van der Waals surface area contributed by atoms with E-state index >= 15 is 0 Å². The fraction of sp³-hybridized carbons (Fsp3) is 0.118. The van der Waals surface area contributed by atoms with Crippen LogP contribution in [0.15, 0.2) is 53.6 Å². The Morgan fingerprint density at radius 1 is 1.26 bits per heavy atom. The number of hydrogen-bond donors (Lipinski definition) is 2. The number of phenols is 1. The molecular weight excluding hydrogens is 294 g/mol. The third-order valence-corrected chi connectivity index (χ3v) is 3.00. The molecule has 0 atom stereocenters. The van der Waals surface area contributed by atoms with Gasteiger partial charge in [0, 0.05) is 0 Å². The minimum Gasteiger partial charge on any atom is -0.508 e. The maximum absolute atomic E-state index is 11.7. The van der Waals surface area contributed by atoms with Crippen molar-refractivity contribution in [2.75, 3.05) is 6.61 Å². The topological polar surface area (TPSA) is 94.7 Å². The Morgan fingerprint density at radius 2 is 1.96 bits per heavy atom. The molecule has 0 radical (unpaired) electrons. The molecule has 23 heavy (non-hydrogen) atoms. The van der Waals surface area contributed by atoms with Crippen molar-refractivity contribution in [3.63, 3.8) is 0 Å². The summed E-state index contributed by atoms with van der Waals surface area (Å²) in [5.74, 6) is 0.0791. The van der Waals surface area contributed by atoms with Crippen molar-refractivity contribution < 1.29 is 14.6 Å². The van der Waals surface area contributed by atoms with Gasteiger partial charge in [-0.05, 0) is 48.9 Å². The summed E-state index contributed by atoms with van der Waals surface area (Å²) in [7, 11) is 0. The number of hydrazone groups is 1. The Kier molecular flexibility index (Phi) is 5.31. The van der Waals surface area contributed by atoms with Crippen molar-refractivity contribution in [1.82, 2.24) is 5.43 Å². The molecule has 116 valence electrons. The third-order valence-electron chi connectivity index (χ3n) is 3.00. The van der Waals surface area contributed by atoms with Crippen LogP contribution >= 0.6 is 0 Å². The normalized spacial score (nSPS) is 10.7. The molecule has 6 heteroatoms. The van der Waals surface area contributed by atoms with Crippen molar-refractivity contribution in [2.24, 2.45) is 5.10 Å². The van der Waals surface area contributed by atoms with Gasteiger partial charge in [-0.25, -0.2) is 5.43 Å². The maximum atomic E-state index is 11.7. The molecule has 0 aliphatic heterocycles. The summed E-state index contributed by atoms with van der Waals surface area (Å²) in [6.07, 6.45) is 0. The Labute approximate surface area is 133 Å². The predicted molar refractivity (Wildman–Crippen MR) is 85.1 cm³/mol. The quantitative estimate of drug-likeness (QED) is 0.653. The van der Waals surface area contributed by atoms with E-state index in [1.807, 2.05) is 6.07 Å². The first kappa shape index (κ1) is 16.0. The SMILES string of the molecule is C/C(=N\NC(=O)COc1ccccc1C#N)c1ccc(O)cc1. The lowest BCUT2D eigenvalue weighted by Crippen LogP contribution is -2.25. The summed E-state index contributed by atoms with van der Waals surface area (Å²) in [6, 6.07) is 15.1. The number of nitrogens with one attached hydrogen (secondary N) is 1. The molecule has 0 fully saturated rings. The van der Waals surface area contributed by atoms with Crippen molar-refractivity contribution >= 4 is 11.6 Å². The van der Waals surface area contributed by atoms with Gasteiger partial charge in [0.05, 0.1) is 11.3 Å². The van der Waals surface area contributed by atoms with Crippen LogP contribution < -0.4 is 10.2 Å². The zero-order valence-corrected chi connectivity index (χ0v) is 12.5. The minimum absolute atomic E-state index is 0.162. The number of para-hydroxylation sites is 1. The summed E-state index contributed by atoms with van der Waals surface area (Å²) in [6.45, 7) is 1.49. The molecule has 0 spiro atoms.